The average molecular weight is 219 g/mol. The van der Waals surface area contributed by atoms with Gasteiger partial charge in [0.2, 0.25) is 5.91 Å². The first-order valence-corrected chi connectivity index (χ1v) is 5.25. The number of amides is 1. The molecule has 1 N–H and O–H groups in total. The normalized spacial score (nSPS) is 27.9. The molecule has 84 valence electrons. The van der Waals surface area contributed by atoms with Crippen LogP contribution in [0, 0.1) is 22.7 Å². The Morgan fingerprint density at radius 3 is 3.06 bits per heavy atom. The maximum Gasteiger partial charge on any atom is 0.240 e. The van der Waals surface area contributed by atoms with E-state index in [4.69, 9.17) is 9.78 Å². The third-order valence-electron chi connectivity index (χ3n) is 2.96. The zero-order valence-corrected chi connectivity index (χ0v) is 9.06. The number of nitrogens with zero attached hydrogens (tertiary/aromatic N) is 2. The summed E-state index contributed by atoms with van der Waals surface area (Å²) >= 11 is 0. The summed E-state index contributed by atoms with van der Waals surface area (Å²) in [6, 6.07) is 3.80. The van der Waals surface area contributed by atoms with Crippen molar-refractivity contribution in [2.24, 2.45) is 11.3 Å². The van der Waals surface area contributed by atoms with E-state index in [1.807, 2.05) is 6.92 Å². The number of nitriles is 1. The number of aromatic nitrogens is 1. The molecule has 1 aliphatic carbocycles. The van der Waals surface area contributed by atoms with E-state index >= 15 is 0 Å². The predicted octanol–water partition coefficient (Wildman–Crippen LogP) is 1.23. The Balaban J connectivity index is 1.91. The van der Waals surface area contributed by atoms with Crippen LogP contribution in [0.15, 0.2) is 16.8 Å². The maximum atomic E-state index is 11.8. The Morgan fingerprint density at radius 1 is 1.81 bits per heavy atom. The minimum atomic E-state index is -0.820. The molecule has 1 aromatic rings. The van der Waals surface area contributed by atoms with Gasteiger partial charge in [-0.05, 0) is 18.8 Å². The van der Waals surface area contributed by atoms with E-state index in [2.05, 4.69) is 16.5 Å². The lowest BCUT2D eigenvalue weighted by atomic mass is 9.63. The van der Waals surface area contributed by atoms with Crippen LogP contribution in [-0.4, -0.2) is 11.1 Å². The summed E-state index contributed by atoms with van der Waals surface area (Å²) in [5, 5.41) is 15.3. The Kier molecular flexibility index (Phi) is 2.65. The molecule has 0 saturated heterocycles. The molecule has 1 aromatic heterocycles. The highest BCUT2D eigenvalue weighted by atomic mass is 16.5. The predicted molar refractivity (Wildman–Crippen MR) is 54.8 cm³/mol. The van der Waals surface area contributed by atoms with Crippen LogP contribution in [0.5, 0.6) is 0 Å². The first-order valence-electron chi connectivity index (χ1n) is 5.25. The number of carbonyl (C=O) groups excluding carboxylic acids is 1. The average Bonchev–Trinajstić information content (AvgIpc) is 2.73. The molecule has 5 heteroatoms. The molecule has 16 heavy (non-hydrogen) atoms. The van der Waals surface area contributed by atoms with Gasteiger partial charge in [-0.15, -0.1) is 0 Å². The summed E-state index contributed by atoms with van der Waals surface area (Å²) in [6.45, 7) is 2.33. The van der Waals surface area contributed by atoms with Gasteiger partial charge in [0.1, 0.15) is 5.41 Å². The second-order valence-electron chi connectivity index (χ2n) is 4.37. The molecule has 0 atom stereocenters. The lowest BCUT2D eigenvalue weighted by Crippen LogP contribution is -2.47. The van der Waals surface area contributed by atoms with E-state index in [1.165, 1.54) is 6.20 Å². The third-order valence-corrected chi connectivity index (χ3v) is 2.96. The fraction of sp³-hybridized carbons (Fsp3) is 0.545. The van der Waals surface area contributed by atoms with Crippen molar-refractivity contribution in [1.29, 1.82) is 5.26 Å². The second kappa shape index (κ2) is 3.97. The van der Waals surface area contributed by atoms with Crippen LogP contribution in [0.4, 0.5) is 0 Å². The van der Waals surface area contributed by atoms with Gasteiger partial charge < -0.3 is 9.84 Å². The summed E-state index contributed by atoms with van der Waals surface area (Å²) in [4.78, 5) is 11.8. The van der Waals surface area contributed by atoms with Crippen molar-refractivity contribution in [3.8, 4) is 6.07 Å². The van der Waals surface area contributed by atoms with Gasteiger partial charge in [0, 0.05) is 6.07 Å². The lowest BCUT2D eigenvalue weighted by molar-refractivity contribution is -0.134. The van der Waals surface area contributed by atoms with Crippen molar-refractivity contribution >= 4 is 5.91 Å². The van der Waals surface area contributed by atoms with Crippen molar-refractivity contribution in [2.75, 3.05) is 0 Å². The summed E-state index contributed by atoms with van der Waals surface area (Å²) in [7, 11) is 0. The molecular formula is C11H13N3O2. The fourth-order valence-corrected chi connectivity index (χ4v) is 2.13. The van der Waals surface area contributed by atoms with Gasteiger partial charge in [-0.25, -0.2) is 0 Å². The largest absolute Gasteiger partial charge is 0.360 e. The molecule has 0 bridgehead atoms. The van der Waals surface area contributed by atoms with Crippen LogP contribution in [-0.2, 0) is 11.3 Å². The molecular weight excluding hydrogens is 206 g/mol. The van der Waals surface area contributed by atoms with Crippen LogP contribution in [0.25, 0.3) is 0 Å². The SMILES string of the molecule is CC1CC(C#N)(C(=O)NCc2ccno2)C1. The van der Waals surface area contributed by atoms with Gasteiger partial charge in [-0.3, -0.25) is 4.79 Å². The molecule has 1 aliphatic rings. The summed E-state index contributed by atoms with van der Waals surface area (Å²) in [5.41, 5.74) is -0.820. The Hall–Kier alpha value is -1.83. The van der Waals surface area contributed by atoms with E-state index in [0.29, 0.717) is 24.5 Å². The van der Waals surface area contributed by atoms with Crippen molar-refractivity contribution < 1.29 is 9.32 Å². The van der Waals surface area contributed by atoms with Gasteiger partial charge in [0.05, 0.1) is 18.8 Å². The second-order valence-corrected chi connectivity index (χ2v) is 4.37. The molecule has 1 fully saturated rings. The highest BCUT2D eigenvalue weighted by Crippen LogP contribution is 2.45. The zero-order chi connectivity index (χ0) is 11.6. The standard InChI is InChI=1S/C11H13N3O2/c1-8-4-11(5-8,7-12)10(15)13-6-9-2-3-14-16-9/h2-3,8H,4-6H2,1H3,(H,13,15). The monoisotopic (exact) mass is 219 g/mol. The first-order chi connectivity index (χ1) is 7.66. The van der Waals surface area contributed by atoms with Gasteiger partial charge in [-0.1, -0.05) is 12.1 Å². The Labute approximate surface area is 93.4 Å². The topological polar surface area (TPSA) is 78.9 Å². The summed E-state index contributed by atoms with van der Waals surface area (Å²) in [5.74, 6) is 0.842. The highest BCUT2D eigenvalue weighted by Gasteiger charge is 2.48. The molecule has 1 amide bonds. The molecule has 0 aliphatic heterocycles. The van der Waals surface area contributed by atoms with E-state index in [9.17, 15) is 4.79 Å². The number of rotatable bonds is 3. The lowest BCUT2D eigenvalue weighted by Gasteiger charge is -2.39. The Bertz CT molecular complexity index is 413. The zero-order valence-electron chi connectivity index (χ0n) is 9.06. The first kappa shape index (κ1) is 10.7. The van der Waals surface area contributed by atoms with Crippen molar-refractivity contribution in [2.45, 2.75) is 26.3 Å². The molecule has 0 radical (unpaired) electrons. The number of nitrogens with one attached hydrogen (secondary N) is 1. The van der Waals surface area contributed by atoms with Crippen LogP contribution in [0.2, 0.25) is 0 Å². The number of carbonyl (C=O) groups is 1. The molecule has 2 rings (SSSR count). The van der Waals surface area contributed by atoms with Crippen molar-refractivity contribution in [1.82, 2.24) is 10.5 Å². The number of hydrogen-bond acceptors (Lipinski definition) is 4. The van der Waals surface area contributed by atoms with E-state index in [0.717, 1.165) is 0 Å². The molecule has 1 heterocycles. The summed E-state index contributed by atoms with van der Waals surface area (Å²) in [6.07, 6.45) is 2.81. The van der Waals surface area contributed by atoms with Gasteiger partial charge in [0.15, 0.2) is 5.76 Å². The minimum Gasteiger partial charge on any atom is -0.360 e. The van der Waals surface area contributed by atoms with Crippen molar-refractivity contribution in [3.63, 3.8) is 0 Å². The molecule has 0 unspecified atom stereocenters. The van der Waals surface area contributed by atoms with E-state index in [-0.39, 0.29) is 12.5 Å². The third kappa shape index (κ3) is 1.78. The molecule has 0 aromatic carbocycles. The van der Waals surface area contributed by atoms with Gasteiger partial charge in [0.25, 0.3) is 0 Å². The molecule has 5 nitrogen and oxygen atoms in total. The van der Waals surface area contributed by atoms with E-state index < -0.39 is 5.41 Å². The number of hydrogen-bond donors (Lipinski definition) is 1. The summed E-state index contributed by atoms with van der Waals surface area (Å²) < 4.78 is 4.86. The Morgan fingerprint density at radius 2 is 2.56 bits per heavy atom. The van der Waals surface area contributed by atoms with Gasteiger partial charge in [-0.2, -0.15) is 5.26 Å². The highest BCUT2D eigenvalue weighted by molar-refractivity contribution is 5.86. The quantitative estimate of drug-likeness (QED) is 0.829. The van der Waals surface area contributed by atoms with Crippen LogP contribution < -0.4 is 5.32 Å². The van der Waals surface area contributed by atoms with Crippen LogP contribution in [0.1, 0.15) is 25.5 Å². The van der Waals surface area contributed by atoms with E-state index in [1.54, 1.807) is 6.07 Å². The van der Waals surface area contributed by atoms with Gasteiger partial charge >= 0.3 is 0 Å². The van der Waals surface area contributed by atoms with Crippen LogP contribution >= 0.6 is 0 Å². The minimum absolute atomic E-state index is 0.204. The maximum absolute atomic E-state index is 11.8. The van der Waals surface area contributed by atoms with Crippen molar-refractivity contribution in [3.05, 3.63) is 18.0 Å². The smallest absolute Gasteiger partial charge is 0.240 e. The molecule has 1 saturated carbocycles. The molecule has 0 spiro atoms. The fourth-order valence-electron chi connectivity index (χ4n) is 2.13. The van der Waals surface area contributed by atoms with Crippen LogP contribution in [0.3, 0.4) is 0 Å².